The molecule has 0 bridgehead atoms. The van der Waals surface area contributed by atoms with Crippen molar-refractivity contribution in [3.05, 3.63) is 81.9 Å². The molecule has 0 radical (unpaired) electrons. The first-order valence-electron chi connectivity index (χ1n) is 10.9. The van der Waals surface area contributed by atoms with Crippen LogP contribution >= 0.6 is 11.3 Å². The Balaban J connectivity index is 1.70. The first kappa shape index (κ1) is 21.4. The zero-order valence-corrected chi connectivity index (χ0v) is 18.6. The maximum absolute atomic E-state index is 13.6. The molecule has 1 aliphatic rings. The lowest BCUT2D eigenvalue weighted by Crippen LogP contribution is -2.46. The van der Waals surface area contributed by atoms with Gasteiger partial charge in [-0.2, -0.15) is 0 Å². The summed E-state index contributed by atoms with van der Waals surface area (Å²) in [6.07, 6.45) is 6.94. The number of thiophene rings is 1. The second-order valence-electron chi connectivity index (χ2n) is 8.15. The topological polar surface area (TPSA) is 62.6 Å². The molecule has 1 saturated carbocycles. The summed E-state index contributed by atoms with van der Waals surface area (Å²) in [7, 11) is 0. The Labute approximate surface area is 187 Å². The molecule has 2 heterocycles. The lowest BCUT2D eigenvalue weighted by atomic mass is 9.94. The van der Waals surface area contributed by atoms with E-state index in [2.05, 4.69) is 5.32 Å². The number of nitrogens with one attached hydrogen (secondary N) is 1. The summed E-state index contributed by atoms with van der Waals surface area (Å²) >= 11 is 1.57. The molecule has 1 N–H and O–H groups in total. The van der Waals surface area contributed by atoms with Gasteiger partial charge in [0.2, 0.25) is 5.91 Å². The number of amides is 2. The number of aryl methyl sites for hydroxylation is 1. The molecule has 1 aromatic carbocycles. The van der Waals surface area contributed by atoms with Crippen LogP contribution in [0.15, 0.2) is 64.6 Å². The Morgan fingerprint density at radius 3 is 2.52 bits per heavy atom. The quantitative estimate of drug-likeness (QED) is 0.533. The number of furan rings is 1. The number of hydrogen-bond donors (Lipinski definition) is 1. The molecule has 162 valence electrons. The van der Waals surface area contributed by atoms with Gasteiger partial charge in [-0.1, -0.05) is 55.2 Å². The highest BCUT2D eigenvalue weighted by atomic mass is 32.1. The minimum Gasteiger partial charge on any atom is -0.459 e. The van der Waals surface area contributed by atoms with Crippen LogP contribution in [0.2, 0.25) is 0 Å². The normalized spacial score (nSPS) is 15.4. The fraction of sp³-hybridized carbons (Fsp3) is 0.360. The molecule has 4 rings (SSSR count). The summed E-state index contributed by atoms with van der Waals surface area (Å²) in [5.74, 6) is -0.186. The van der Waals surface area contributed by atoms with Crippen molar-refractivity contribution in [1.82, 2.24) is 10.2 Å². The van der Waals surface area contributed by atoms with Crippen molar-refractivity contribution in [1.29, 1.82) is 0 Å². The fourth-order valence-electron chi connectivity index (χ4n) is 4.14. The van der Waals surface area contributed by atoms with Crippen molar-refractivity contribution >= 4 is 23.2 Å². The van der Waals surface area contributed by atoms with Crippen LogP contribution in [0.5, 0.6) is 0 Å². The largest absolute Gasteiger partial charge is 0.459 e. The number of carbonyl (C=O) groups excluding carboxylic acids is 2. The monoisotopic (exact) mass is 436 g/mol. The van der Waals surface area contributed by atoms with Gasteiger partial charge < -0.3 is 14.6 Å². The van der Waals surface area contributed by atoms with Gasteiger partial charge >= 0.3 is 0 Å². The Hall–Kier alpha value is -2.86. The predicted molar refractivity (Wildman–Crippen MR) is 122 cm³/mol. The highest BCUT2D eigenvalue weighted by Crippen LogP contribution is 2.28. The van der Waals surface area contributed by atoms with Gasteiger partial charge in [0, 0.05) is 10.9 Å². The minimum atomic E-state index is -0.734. The number of hydrogen-bond acceptors (Lipinski definition) is 4. The summed E-state index contributed by atoms with van der Waals surface area (Å²) in [4.78, 5) is 29.7. The van der Waals surface area contributed by atoms with Crippen LogP contribution in [0, 0.1) is 6.92 Å². The van der Waals surface area contributed by atoms with Crippen molar-refractivity contribution in [2.45, 2.75) is 57.7 Å². The van der Waals surface area contributed by atoms with E-state index >= 15 is 0 Å². The van der Waals surface area contributed by atoms with Gasteiger partial charge in [-0.15, -0.1) is 11.3 Å². The molecule has 2 aromatic heterocycles. The summed E-state index contributed by atoms with van der Waals surface area (Å²) in [6, 6.07) is 14.6. The van der Waals surface area contributed by atoms with E-state index in [9.17, 15) is 9.59 Å². The van der Waals surface area contributed by atoms with E-state index < -0.39 is 6.04 Å². The summed E-state index contributed by atoms with van der Waals surface area (Å²) in [6.45, 7) is 2.35. The zero-order valence-electron chi connectivity index (χ0n) is 17.8. The fourth-order valence-corrected chi connectivity index (χ4v) is 4.84. The average Bonchev–Trinajstić information content (AvgIpc) is 3.49. The van der Waals surface area contributed by atoms with Crippen LogP contribution in [-0.4, -0.2) is 22.8 Å². The third kappa shape index (κ3) is 5.25. The van der Waals surface area contributed by atoms with Crippen LogP contribution in [0.4, 0.5) is 0 Å². The smallest absolute Gasteiger partial charge is 0.290 e. The number of benzene rings is 1. The second-order valence-corrected chi connectivity index (χ2v) is 9.18. The van der Waals surface area contributed by atoms with Gasteiger partial charge in [0.25, 0.3) is 5.91 Å². The molecule has 1 atom stereocenters. The first-order chi connectivity index (χ1) is 15.1. The molecule has 31 heavy (non-hydrogen) atoms. The summed E-state index contributed by atoms with van der Waals surface area (Å²) in [5, 5.41) is 5.21. The Bertz CT molecular complexity index is 974. The zero-order chi connectivity index (χ0) is 21.6. The van der Waals surface area contributed by atoms with E-state index in [4.69, 9.17) is 4.42 Å². The van der Waals surface area contributed by atoms with Crippen molar-refractivity contribution in [2.24, 2.45) is 0 Å². The van der Waals surface area contributed by atoms with E-state index in [1.165, 1.54) is 12.7 Å². The van der Waals surface area contributed by atoms with E-state index in [0.29, 0.717) is 6.54 Å². The van der Waals surface area contributed by atoms with Gasteiger partial charge in [0.05, 0.1) is 12.8 Å². The second kappa shape index (κ2) is 9.96. The molecule has 0 aliphatic heterocycles. The van der Waals surface area contributed by atoms with Crippen LogP contribution in [0.25, 0.3) is 0 Å². The Morgan fingerprint density at radius 1 is 1.10 bits per heavy atom. The molecule has 0 unspecified atom stereocenters. The van der Waals surface area contributed by atoms with E-state index in [1.54, 1.807) is 28.4 Å². The predicted octanol–water partition coefficient (Wildman–Crippen LogP) is 5.48. The average molecular weight is 437 g/mol. The Morgan fingerprint density at radius 2 is 1.87 bits per heavy atom. The molecule has 5 nitrogen and oxygen atoms in total. The van der Waals surface area contributed by atoms with Crippen molar-refractivity contribution < 1.29 is 14.0 Å². The van der Waals surface area contributed by atoms with Crippen LogP contribution in [0.1, 0.15) is 64.7 Å². The van der Waals surface area contributed by atoms with Crippen molar-refractivity contribution in [2.75, 3.05) is 0 Å². The van der Waals surface area contributed by atoms with E-state index in [1.807, 2.05) is 48.7 Å². The molecule has 1 fully saturated rings. The van der Waals surface area contributed by atoms with Gasteiger partial charge in [-0.05, 0) is 48.9 Å². The highest BCUT2D eigenvalue weighted by Gasteiger charge is 2.34. The third-order valence-electron chi connectivity index (χ3n) is 5.80. The minimum absolute atomic E-state index is 0.132. The molecule has 2 amide bonds. The van der Waals surface area contributed by atoms with E-state index in [-0.39, 0.29) is 23.6 Å². The number of rotatable bonds is 7. The van der Waals surface area contributed by atoms with E-state index in [0.717, 1.165) is 41.7 Å². The lowest BCUT2D eigenvalue weighted by Gasteiger charge is -2.32. The van der Waals surface area contributed by atoms with Gasteiger partial charge in [0.1, 0.15) is 6.04 Å². The first-order valence-corrected chi connectivity index (χ1v) is 11.7. The summed E-state index contributed by atoms with van der Waals surface area (Å²) in [5.41, 5.74) is 1.91. The molecule has 3 aromatic rings. The maximum Gasteiger partial charge on any atom is 0.290 e. The molecule has 1 aliphatic carbocycles. The van der Waals surface area contributed by atoms with Crippen molar-refractivity contribution in [3.8, 4) is 0 Å². The third-order valence-corrected chi connectivity index (χ3v) is 6.66. The number of carbonyl (C=O) groups is 2. The van der Waals surface area contributed by atoms with Gasteiger partial charge in [0.15, 0.2) is 5.76 Å². The molecule has 6 heteroatoms. The van der Waals surface area contributed by atoms with Crippen LogP contribution in [-0.2, 0) is 11.3 Å². The van der Waals surface area contributed by atoms with Gasteiger partial charge in [-0.3, -0.25) is 9.59 Å². The Kier molecular flexibility index (Phi) is 6.87. The summed E-state index contributed by atoms with van der Waals surface area (Å²) < 4.78 is 5.41. The SMILES string of the molecule is Cc1ccc([C@H](C(=O)NC2CCCCC2)N(Cc2cccs2)C(=O)c2ccco2)cc1. The molecular weight excluding hydrogens is 408 g/mol. The standard InChI is InChI=1S/C25H28N2O3S/c1-18-11-13-19(14-12-18)23(24(28)26-20-7-3-2-4-8-20)27(17-21-9-6-16-31-21)25(29)22-10-5-15-30-22/h5-6,9-16,20,23H,2-4,7-8,17H2,1H3,(H,26,28)/t23-/m1/s1. The highest BCUT2D eigenvalue weighted by molar-refractivity contribution is 7.09. The van der Waals surface area contributed by atoms with Gasteiger partial charge in [-0.25, -0.2) is 0 Å². The van der Waals surface area contributed by atoms with Crippen LogP contribution in [0.3, 0.4) is 0 Å². The van der Waals surface area contributed by atoms with Crippen LogP contribution < -0.4 is 5.32 Å². The van der Waals surface area contributed by atoms with Crippen molar-refractivity contribution in [3.63, 3.8) is 0 Å². The maximum atomic E-state index is 13.6. The molecule has 0 saturated heterocycles. The number of nitrogens with zero attached hydrogens (tertiary/aromatic N) is 1. The molecular formula is C25H28N2O3S. The lowest BCUT2D eigenvalue weighted by molar-refractivity contribution is -0.127. The molecule has 0 spiro atoms.